The highest BCUT2D eigenvalue weighted by Gasteiger charge is 2.27. The first-order chi connectivity index (χ1) is 13.0. The van der Waals surface area contributed by atoms with Gasteiger partial charge in [-0.05, 0) is 43.0 Å². The van der Waals surface area contributed by atoms with Crippen molar-refractivity contribution in [2.24, 2.45) is 0 Å². The zero-order valence-electron chi connectivity index (χ0n) is 15.2. The number of carboxylic acid groups (broad SMARTS) is 1. The van der Waals surface area contributed by atoms with E-state index in [0.29, 0.717) is 37.3 Å². The van der Waals surface area contributed by atoms with E-state index in [1.54, 1.807) is 30.3 Å². The van der Waals surface area contributed by atoms with Crippen molar-refractivity contribution in [1.82, 2.24) is 4.90 Å². The van der Waals surface area contributed by atoms with Gasteiger partial charge in [0.15, 0.2) is 0 Å². The van der Waals surface area contributed by atoms with E-state index < -0.39 is 5.97 Å². The summed E-state index contributed by atoms with van der Waals surface area (Å²) in [7, 11) is 0. The van der Waals surface area contributed by atoms with Gasteiger partial charge < -0.3 is 10.0 Å². The lowest BCUT2D eigenvalue weighted by molar-refractivity contribution is -0.139. The number of aliphatic carboxylic acids is 1. The normalized spacial score (nSPS) is 15.3. The van der Waals surface area contributed by atoms with E-state index in [-0.39, 0.29) is 24.2 Å². The minimum atomic E-state index is -0.889. The zero-order valence-corrected chi connectivity index (χ0v) is 15.2. The Balaban J connectivity index is 1.62. The van der Waals surface area contributed by atoms with E-state index in [1.165, 1.54) is 12.1 Å². The van der Waals surface area contributed by atoms with E-state index in [9.17, 15) is 18.7 Å². The summed E-state index contributed by atoms with van der Waals surface area (Å²) in [6.07, 6.45) is 1.96. The molecular weight excluding hydrogens is 350 g/mol. The number of nitrogens with zero attached hydrogens (tertiary/aromatic N) is 2. The van der Waals surface area contributed by atoms with Crippen LogP contribution in [-0.2, 0) is 11.2 Å². The Bertz CT molecular complexity index is 776. The van der Waals surface area contributed by atoms with E-state index in [1.807, 2.05) is 15.9 Å². The van der Waals surface area contributed by atoms with Gasteiger partial charge in [-0.3, -0.25) is 9.69 Å². The van der Waals surface area contributed by atoms with Crippen LogP contribution >= 0.6 is 0 Å². The first-order valence-electron chi connectivity index (χ1n) is 9.23. The molecule has 0 spiro atoms. The van der Waals surface area contributed by atoms with Gasteiger partial charge in [-0.1, -0.05) is 30.3 Å². The predicted molar refractivity (Wildman–Crippen MR) is 101 cm³/mol. The molecule has 2 aromatic rings. The summed E-state index contributed by atoms with van der Waals surface area (Å²) < 4.78 is 27.8. The molecule has 0 unspecified atom stereocenters. The lowest BCUT2D eigenvalue weighted by atomic mass is 10.0. The number of carbonyl (C=O) groups is 1. The summed E-state index contributed by atoms with van der Waals surface area (Å²) in [5.74, 6) is -1.39. The van der Waals surface area contributed by atoms with E-state index in [2.05, 4.69) is 0 Å². The maximum absolute atomic E-state index is 14.0. The van der Waals surface area contributed by atoms with Crippen LogP contribution in [-0.4, -0.2) is 48.2 Å². The molecule has 144 valence electrons. The molecular formula is C21H24F2N2O2. The van der Waals surface area contributed by atoms with Crippen LogP contribution in [0, 0.1) is 11.6 Å². The highest BCUT2D eigenvalue weighted by Crippen LogP contribution is 2.25. The van der Waals surface area contributed by atoms with Gasteiger partial charge >= 0.3 is 5.97 Å². The van der Waals surface area contributed by atoms with Gasteiger partial charge in [0.1, 0.15) is 11.6 Å². The largest absolute Gasteiger partial charge is 0.480 e. The Morgan fingerprint density at radius 1 is 1.04 bits per heavy atom. The second kappa shape index (κ2) is 8.95. The molecule has 27 heavy (non-hydrogen) atoms. The predicted octanol–water partition coefficient (Wildman–Crippen LogP) is 3.56. The summed E-state index contributed by atoms with van der Waals surface area (Å²) in [5.41, 5.74) is 1.18. The number of para-hydroxylation sites is 1. The lowest BCUT2D eigenvalue weighted by Gasteiger charge is -2.39. The Morgan fingerprint density at radius 3 is 2.30 bits per heavy atom. The molecule has 1 aliphatic heterocycles. The Morgan fingerprint density at radius 2 is 1.67 bits per heavy atom. The van der Waals surface area contributed by atoms with Crippen molar-refractivity contribution in [3.63, 3.8) is 0 Å². The average molecular weight is 374 g/mol. The van der Waals surface area contributed by atoms with Gasteiger partial charge in [0.05, 0.1) is 12.2 Å². The molecule has 1 saturated heterocycles. The van der Waals surface area contributed by atoms with Crippen LogP contribution in [0.15, 0.2) is 48.5 Å². The van der Waals surface area contributed by atoms with Gasteiger partial charge in [0.25, 0.3) is 0 Å². The van der Waals surface area contributed by atoms with Crippen LogP contribution in [0.5, 0.6) is 0 Å². The summed E-state index contributed by atoms with van der Waals surface area (Å²) in [6, 6.07) is 13.4. The zero-order chi connectivity index (χ0) is 19.2. The third-order valence-corrected chi connectivity index (χ3v) is 5.14. The van der Waals surface area contributed by atoms with Crippen LogP contribution < -0.4 is 4.90 Å². The van der Waals surface area contributed by atoms with Crippen molar-refractivity contribution in [3.8, 4) is 0 Å². The van der Waals surface area contributed by atoms with Crippen molar-refractivity contribution in [2.45, 2.75) is 25.3 Å². The number of hydrogen-bond donors (Lipinski definition) is 1. The topological polar surface area (TPSA) is 43.8 Å². The smallest absolute Gasteiger partial charge is 0.317 e. The van der Waals surface area contributed by atoms with Gasteiger partial charge in [-0.15, -0.1) is 0 Å². The molecule has 0 radical (unpaired) electrons. The number of carboxylic acids is 1. The molecule has 4 nitrogen and oxygen atoms in total. The Labute approximate surface area is 158 Å². The number of hydrogen-bond acceptors (Lipinski definition) is 3. The fourth-order valence-corrected chi connectivity index (χ4v) is 3.71. The monoisotopic (exact) mass is 374 g/mol. The third-order valence-electron chi connectivity index (χ3n) is 5.14. The average Bonchev–Trinajstić information content (AvgIpc) is 2.66. The maximum atomic E-state index is 14.0. The van der Waals surface area contributed by atoms with Gasteiger partial charge in [0, 0.05) is 25.7 Å². The number of halogens is 2. The first-order valence-corrected chi connectivity index (χ1v) is 9.23. The van der Waals surface area contributed by atoms with Crippen LogP contribution in [0.4, 0.5) is 14.5 Å². The SMILES string of the molecule is O=C(O)CN(CCc1ccccc1F)C1CCN(c2ccccc2F)CC1. The molecule has 0 aromatic heterocycles. The van der Waals surface area contributed by atoms with Crippen molar-refractivity contribution >= 4 is 11.7 Å². The molecule has 0 aliphatic carbocycles. The minimum Gasteiger partial charge on any atom is -0.480 e. The molecule has 1 heterocycles. The highest BCUT2D eigenvalue weighted by atomic mass is 19.1. The van der Waals surface area contributed by atoms with Crippen molar-refractivity contribution in [3.05, 3.63) is 65.7 Å². The van der Waals surface area contributed by atoms with E-state index in [0.717, 1.165) is 12.8 Å². The molecule has 1 aliphatic rings. The highest BCUT2D eigenvalue weighted by molar-refractivity contribution is 5.69. The summed E-state index contributed by atoms with van der Waals surface area (Å²) >= 11 is 0. The first kappa shape index (κ1) is 19.3. The molecule has 3 rings (SSSR count). The number of anilines is 1. The summed E-state index contributed by atoms with van der Waals surface area (Å²) in [4.78, 5) is 15.2. The summed E-state index contributed by atoms with van der Waals surface area (Å²) in [6.45, 7) is 1.75. The molecule has 0 atom stereocenters. The quantitative estimate of drug-likeness (QED) is 0.805. The fourth-order valence-electron chi connectivity index (χ4n) is 3.71. The standard InChI is InChI=1S/C21H24F2N2O2/c22-18-6-2-1-5-16(18)9-12-25(15-21(26)27)17-10-13-24(14-11-17)20-8-4-3-7-19(20)23/h1-8,17H,9-15H2,(H,26,27). The van der Waals surface area contributed by atoms with Crippen molar-refractivity contribution < 1.29 is 18.7 Å². The molecule has 1 fully saturated rings. The number of benzene rings is 2. The molecule has 0 bridgehead atoms. The van der Waals surface area contributed by atoms with Crippen LogP contribution in [0.3, 0.4) is 0 Å². The van der Waals surface area contributed by atoms with Crippen LogP contribution in [0.1, 0.15) is 18.4 Å². The molecule has 1 N–H and O–H groups in total. The van der Waals surface area contributed by atoms with Gasteiger partial charge in [0.2, 0.25) is 0 Å². The third kappa shape index (κ3) is 5.04. The number of rotatable bonds is 7. The van der Waals surface area contributed by atoms with Crippen molar-refractivity contribution in [1.29, 1.82) is 0 Å². The van der Waals surface area contributed by atoms with E-state index >= 15 is 0 Å². The Kier molecular flexibility index (Phi) is 6.40. The maximum Gasteiger partial charge on any atom is 0.317 e. The Hall–Kier alpha value is -2.47. The van der Waals surface area contributed by atoms with E-state index in [4.69, 9.17) is 0 Å². The number of piperidine rings is 1. The van der Waals surface area contributed by atoms with Crippen LogP contribution in [0.2, 0.25) is 0 Å². The molecule has 0 amide bonds. The van der Waals surface area contributed by atoms with Gasteiger partial charge in [-0.25, -0.2) is 8.78 Å². The lowest BCUT2D eigenvalue weighted by Crippen LogP contribution is -2.47. The molecule has 6 heteroatoms. The van der Waals surface area contributed by atoms with Crippen LogP contribution in [0.25, 0.3) is 0 Å². The molecule has 0 saturated carbocycles. The second-order valence-corrected chi connectivity index (χ2v) is 6.88. The van der Waals surface area contributed by atoms with Gasteiger partial charge in [-0.2, -0.15) is 0 Å². The summed E-state index contributed by atoms with van der Waals surface area (Å²) in [5, 5.41) is 9.26. The second-order valence-electron chi connectivity index (χ2n) is 6.88. The fraction of sp³-hybridized carbons (Fsp3) is 0.381. The minimum absolute atomic E-state index is 0.0706. The molecule has 2 aromatic carbocycles. The van der Waals surface area contributed by atoms with Crippen molar-refractivity contribution in [2.75, 3.05) is 31.1 Å².